The fourth-order valence-corrected chi connectivity index (χ4v) is 3.66. The van der Waals surface area contributed by atoms with E-state index in [0.29, 0.717) is 0 Å². The van der Waals surface area contributed by atoms with Crippen LogP contribution in [0, 0.1) is 5.82 Å². The third kappa shape index (κ3) is 6.77. The maximum absolute atomic E-state index is 13.4. The summed E-state index contributed by atoms with van der Waals surface area (Å²) in [7, 11) is 0. The van der Waals surface area contributed by atoms with Gasteiger partial charge in [0.1, 0.15) is 5.82 Å². The standard InChI is InChI=1S/C26H29FN4.C3H8/c1-5-9-25(30-24(7-3)19-14-16-28-17-15-19)22(6-2)23-18-29-31(26(23)8-4)21-12-10-20(27)11-13-21;1-3-2/h6,8-18,24,30H,4-5,7H2,1-3H3;3H2,1-2H3/b22-6+,25-9+;. The SMILES string of the molecule is C=Cc1c(C(=C\C)/C(=C\CC)NC(CC)c2ccncc2)cnn1-c1ccc(F)cc1.CCC. The van der Waals surface area contributed by atoms with Crippen LogP contribution >= 0.6 is 0 Å². The minimum absolute atomic E-state index is 0.162. The Labute approximate surface area is 203 Å². The van der Waals surface area contributed by atoms with Crippen molar-refractivity contribution < 1.29 is 4.39 Å². The first kappa shape index (κ1) is 26.8. The zero-order chi connectivity index (χ0) is 24.9. The highest BCUT2D eigenvalue weighted by molar-refractivity contribution is 5.82. The van der Waals surface area contributed by atoms with Gasteiger partial charge in [-0.2, -0.15) is 5.10 Å². The zero-order valence-corrected chi connectivity index (χ0v) is 21.1. The Morgan fingerprint density at radius 3 is 2.26 bits per heavy atom. The number of pyridine rings is 1. The van der Waals surface area contributed by atoms with Crippen molar-refractivity contribution in [3.8, 4) is 5.69 Å². The van der Waals surface area contributed by atoms with Crippen LogP contribution in [-0.4, -0.2) is 14.8 Å². The highest BCUT2D eigenvalue weighted by Gasteiger charge is 2.19. The van der Waals surface area contributed by atoms with Gasteiger partial charge in [-0.1, -0.05) is 52.8 Å². The average Bonchev–Trinajstić information content (AvgIpc) is 3.28. The average molecular weight is 461 g/mol. The van der Waals surface area contributed by atoms with Gasteiger partial charge in [0.25, 0.3) is 0 Å². The van der Waals surface area contributed by atoms with Crippen LogP contribution in [0.3, 0.4) is 0 Å². The van der Waals surface area contributed by atoms with E-state index in [4.69, 9.17) is 0 Å². The molecule has 0 aliphatic heterocycles. The number of benzene rings is 1. The fraction of sp³-hybridized carbons (Fsp3) is 0.310. The molecule has 1 atom stereocenters. The lowest BCUT2D eigenvalue weighted by Crippen LogP contribution is -2.21. The molecule has 1 aromatic carbocycles. The molecule has 0 spiro atoms. The summed E-state index contributed by atoms with van der Waals surface area (Å²) >= 11 is 0. The topological polar surface area (TPSA) is 42.7 Å². The van der Waals surface area contributed by atoms with Crippen LogP contribution < -0.4 is 5.32 Å². The maximum atomic E-state index is 13.4. The molecule has 3 rings (SSSR count). The second-order valence-corrected chi connectivity index (χ2v) is 7.86. The predicted molar refractivity (Wildman–Crippen MR) is 142 cm³/mol. The normalized spacial score (nSPS) is 12.5. The Balaban J connectivity index is 0.00000129. The van der Waals surface area contributed by atoms with Gasteiger partial charge in [-0.25, -0.2) is 9.07 Å². The lowest BCUT2D eigenvalue weighted by molar-refractivity contribution is 0.587. The molecule has 5 heteroatoms. The van der Waals surface area contributed by atoms with Crippen LogP contribution in [0.15, 0.2) is 79.4 Å². The summed E-state index contributed by atoms with van der Waals surface area (Å²) in [5.41, 5.74) is 5.92. The van der Waals surface area contributed by atoms with Crippen molar-refractivity contribution in [1.29, 1.82) is 0 Å². The van der Waals surface area contributed by atoms with Crippen LogP contribution in [0.25, 0.3) is 17.3 Å². The van der Waals surface area contributed by atoms with E-state index >= 15 is 0 Å². The van der Waals surface area contributed by atoms with Gasteiger partial charge in [-0.3, -0.25) is 4.98 Å². The van der Waals surface area contributed by atoms with Gasteiger partial charge in [-0.15, -0.1) is 0 Å². The van der Waals surface area contributed by atoms with E-state index in [9.17, 15) is 4.39 Å². The summed E-state index contributed by atoms with van der Waals surface area (Å²) in [4.78, 5) is 4.14. The number of halogens is 1. The molecule has 0 amide bonds. The lowest BCUT2D eigenvalue weighted by Gasteiger charge is -2.23. The van der Waals surface area contributed by atoms with Gasteiger partial charge in [0, 0.05) is 29.2 Å². The van der Waals surface area contributed by atoms with Crippen LogP contribution in [0.2, 0.25) is 0 Å². The Morgan fingerprint density at radius 2 is 1.74 bits per heavy atom. The minimum Gasteiger partial charge on any atom is -0.378 e. The molecule has 0 fully saturated rings. The van der Waals surface area contributed by atoms with Crippen molar-refractivity contribution in [2.24, 2.45) is 0 Å². The third-order valence-electron chi connectivity index (χ3n) is 5.19. The molecule has 0 bridgehead atoms. The second kappa shape index (κ2) is 13.9. The number of nitrogens with one attached hydrogen (secondary N) is 1. The highest BCUT2D eigenvalue weighted by atomic mass is 19.1. The largest absolute Gasteiger partial charge is 0.378 e. The monoisotopic (exact) mass is 460 g/mol. The number of hydrogen-bond donors (Lipinski definition) is 1. The number of rotatable bonds is 9. The molecule has 0 aliphatic carbocycles. The first-order valence-electron chi connectivity index (χ1n) is 12.0. The molecular formula is C29H37FN4. The fourth-order valence-electron chi connectivity index (χ4n) is 3.66. The number of aromatic nitrogens is 3. The molecule has 0 saturated carbocycles. The first-order valence-corrected chi connectivity index (χ1v) is 12.0. The van der Waals surface area contributed by atoms with Crippen molar-refractivity contribution in [1.82, 2.24) is 20.1 Å². The van der Waals surface area contributed by atoms with Crippen molar-refractivity contribution in [3.63, 3.8) is 0 Å². The summed E-state index contributed by atoms with van der Waals surface area (Å²) in [6.07, 6.45) is 14.6. The van der Waals surface area contributed by atoms with Crippen LogP contribution in [0.5, 0.6) is 0 Å². The van der Waals surface area contributed by atoms with E-state index in [1.807, 2.05) is 37.6 Å². The van der Waals surface area contributed by atoms with E-state index in [0.717, 1.165) is 41.1 Å². The van der Waals surface area contributed by atoms with E-state index in [1.165, 1.54) is 24.1 Å². The van der Waals surface area contributed by atoms with Crippen LogP contribution in [-0.2, 0) is 0 Å². The Hall–Kier alpha value is -3.47. The minimum atomic E-state index is -0.274. The predicted octanol–water partition coefficient (Wildman–Crippen LogP) is 7.90. The van der Waals surface area contributed by atoms with E-state index in [1.54, 1.807) is 22.9 Å². The molecule has 2 heterocycles. The molecule has 0 saturated heterocycles. The molecule has 4 nitrogen and oxygen atoms in total. The van der Waals surface area contributed by atoms with E-state index < -0.39 is 0 Å². The summed E-state index contributed by atoms with van der Waals surface area (Å²) in [6.45, 7) is 14.6. The maximum Gasteiger partial charge on any atom is 0.123 e. The highest BCUT2D eigenvalue weighted by Crippen LogP contribution is 2.30. The summed E-state index contributed by atoms with van der Waals surface area (Å²) in [6, 6.07) is 10.5. The second-order valence-electron chi connectivity index (χ2n) is 7.86. The molecule has 0 aliphatic rings. The van der Waals surface area contributed by atoms with Gasteiger partial charge in [0.15, 0.2) is 0 Å². The van der Waals surface area contributed by atoms with Gasteiger partial charge in [0.05, 0.1) is 23.6 Å². The zero-order valence-electron chi connectivity index (χ0n) is 21.1. The lowest BCUT2D eigenvalue weighted by atomic mass is 9.99. The number of nitrogens with zero attached hydrogens (tertiary/aromatic N) is 3. The van der Waals surface area contributed by atoms with Crippen molar-refractivity contribution in [3.05, 3.63) is 102 Å². The molecular weight excluding hydrogens is 423 g/mol. The molecule has 180 valence electrons. The molecule has 3 aromatic rings. The van der Waals surface area contributed by atoms with Crippen molar-refractivity contribution in [2.45, 2.75) is 59.9 Å². The van der Waals surface area contributed by atoms with Gasteiger partial charge in [0.2, 0.25) is 0 Å². The first-order chi connectivity index (χ1) is 16.5. The summed E-state index contributed by atoms with van der Waals surface area (Å²) in [5.74, 6) is -0.274. The van der Waals surface area contributed by atoms with E-state index in [2.05, 4.69) is 61.8 Å². The molecule has 34 heavy (non-hydrogen) atoms. The Morgan fingerprint density at radius 1 is 1.09 bits per heavy atom. The van der Waals surface area contributed by atoms with Gasteiger partial charge in [-0.05, 0) is 67.8 Å². The number of hydrogen-bond acceptors (Lipinski definition) is 3. The summed E-state index contributed by atoms with van der Waals surface area (Å²) < 4.78 is 15.2. The molecule has 2 aromatic heterocycles. The molecule has 1 N–H and O–H groups in total. The molecule has 1 unspecified atom stereocenters. The molecule has 0 radical (unpaired) electrons. The quantitative estimate of drug-likeness (QED) is 0.330. The van der Waals surface area contributed by atoms with Crippen LogP contribution in [0.4, 0.5) is 4.39 Å². The Bertz CT molecular complexity index is 1080. The smallest absolute Gasteiger partial charge is 0.123 e. The van der Waals surface area contributed by atoms with E-state index in [-0.39, 0.29) is 11.9 Å². The number of allylic oxidation sites excluding steroid dienone is 3. The third-order valence-corrected chi connectivity index (χ3v) is 5.19. The Kier molecular flexibility index (Phi) is 11.0. The van der Waals surface area contributed by atoms with Crippen molar-refractivity contribution in [2.75, 3.05) is 0 Å². The van der Waals surface area contributed by atoms with Crippen LogP contribution in [0.1, 0.15) is 76.7 Å². The van der Waals surface area contributed by atoms with Gasteiger partial charge >= 0.3 is 0 Å². The summed E-state index contributed by atoms with van der Waals surface area (Å²) in [5, 5.41) is 8.30. The van der Waals surface area contributed by atoms with Crippen molar-refractivity contribution >= 4 is 11.6 Å². The van der Waals surface area contributed by atoms with Gasteiger partial charge < -0.3 is 5.32 Å².